The number of anilines is 1. The lowest BCUT2D eigenvalue weighted by atomic mass is 10.0. The lowest BCUT2D eigenvalue weighted by molar-refractivity contribution is 0.549. The van der Waals surface area contributed by atoms with Gasteiger partial charge in [0, 0.05) is 19.6 Å². The Bertz CT molecular complexity index is 849. The van der Waals surface area contributed by atoms with Crippen molar-refractivity contribution in [3.63, 3.8) is 0 Å². The van der Waals surface area contributed by atoms with Crippen molar-refractivity contribution in [2.45, 2.75) is 32.2 Å². The molecule has 0 unspecified atom stereocenters. The number of hydrogen-bond acceptors (Lipinski definition) is 4. The third-order valence-electron chi connectivity index (χ3n) is 4.94. The van der Waals surface area contributed by atoms with Crippen LogP contribution >= 0.6 is 0 Å². The molecule has 4 rings (SSSR count). The number of rotatable bonds is 5. The van der Waals surface area contributed by atoms with Crippen LogP contribution in [-0.4, -0.2) is 33.3 Å². The fourth-order valence-electron chi connectivity index (χ4n) is 3.56. The molecule has 0 N–H and O–H groups in total. The first-order valence-corrected chi connectivity index (χ1v) is 9.12. The van der Waals surface area contributed by atoms with Gasteiger partial charge >= 0.3 is 0 Å². The van der Waals surface area contributed by atoms with Crippen molar-refractivity contribution >= 4 is 5.95 Å². The monoisotopic (exact) mass is 351 g/mol. The lowest BCUT2D eigenvalue weighted by Gasteiger charge is -2.20. The van der Waals surface area contributed by atoms with Gasteiger partial charge in [-0.1, -0.05) is 41.5 Å². The maximum atomic E-state index is 13.3. The molecule has 134 valence electrons. The van der Waals surface area contributed by atoms with Crippen LogP contribution in [0.5, 0.6) is 0 Å². The molecule has 5 nitrogen and oxygen atoms in total. The number of fused-ring (bicyclic) bond motifs is 1. The molecular formula is C20H22FN5. The zero-order valence-electron chi connectivity index (χ0n) is 14.7. The Morgan fingerprint density at radius 2 is 1.73 bits per heavy atom. The van der Waals surface area contributed by atoms with E-state index in [0.29, 0.717) is 0 Å². The Kier molecular flexibility index (Phi) is 4.91. The average molecular weight is 351 g/mol. The van der Waals surface area contributed by atoms with Crippen LogP contribution in [0.25, 0.3) is 0 Å². The van der Waals surface area contributed by atoms with Crippen LogP contribution < -0.4 is 4.90 Å². The molecule has 0 aliphatic carbocycles. The maximum Gasteiger partial charge on any atom is 0.245 e. The van der Waals surface area contributed by atoms with Crippen LogP contribution in [0.2, 0.25) is 0 Å². The molecule has 0 saturated carbocycles. The van der Waals surface area contributed by atoms with E-state index in [9.17, 15) is 4.39 Å². The molecule has 26 heavy (non-hydrogen) atoms. The van der Waals surface area contributed by atoms with Gasteiger partial charge in [-0.05, 0) is 64.9 Å². The second kappa shape index (κ2) is 7.64. The van der Waals surface area contributed by atoms with E-state index in [-0.39, 0.29) is 5.82 Å². The van der Waals surface area contributed by atoms with Crippen molar-refractivity contribution in [1.82, 2.24) is 20.2 Å². The number of benzene rings is 2. The van der Waals surface area contributed by atoms with Gasteiger partial charge in [0.2, 0.25) is 5.95 Å². The second-order valence-corrected chi connectivity index (χ2v) is 6.69. The summed E-state index contributed by atoms with van der Waals surface area (Å²) in [5.74, 6) is 0.645. The van der Waals surface area contributed by atoms with Crippen molar-refractivity contribution in [3.05, 3.63) is 71.0 Å². The molecule has 1 aliphatic heterocycles. The molecule has 0 bridgehead atoms. The summed E-state index contributed by atoms with van der Waals surface area (Å²) in [6.07, 6.45) is 3.69. The minimum atomic E-state index is -0.185. The highest BCUT2D eigenvalue weighted by Gasteiger charge is 2.18. The van der Waals surface area contributed by atoms with E-state index in [1.54, 1.807) is 12.1 Å². The predicted octanol–water partition coefficient (Wildman–Crippen LogP) is 3.05. The van der Waals surface area contributed by atoms with Gasteiger partial charge in [-0.3, -0.25) is 0 Å². The minimum absolute atomic E-state index is 0.185. The molecule has 6 heteroatoms. The highest BCUT2D eigenvalue weighted by Crippen LogP contribution is 2.19. The van der Waals surface area contributed by atoms with Crippen molar-refractivity contribution in [2.75, 3.05) is 18.0 Å². The number of hydrogen-bond donors (Lipinski definition) is 0. The molecule has 0 radical (unpaired) electrons. The molecule has 0 spiro atoms. The summed E-state index contributed by atoms with van der Waals surface area (Å²) in [4.78, 5) is 2.27. The Balaban J connectivity index is 1.39. The third kappa shape index (κ3) is 3.74. The van der Waals surface area contributed by atoms with Crippen LogP contribution in [0.3, 0.4) is 0 Å². The molecule has 0 amide bonds. The molecule has 0 fully saturated rings. The zero-order valence-corrected chi connectivity index (χ0v) is 14.7. The minimum Gasteiger partial charge on any atom is -0.339 e. The fourth-order valence-corrected chi connectivity index (χ4v) is 3.56. The van der Waals surface area contributed by atoms with E-state index < -0.39 is 0 Å². The fraction of sp³-hybridized carbons (Fsp3) is 0.350. The lowest BCUT2D eigenvalue weighted by Crippen LogP contribution is -2.29. The van der Waals surface area contributed by atoms with Gasteiger partial charge in [0.1, 0.15) is 5.82 Å². The van der Waals surface area contributed by atoms with Crippen molar-refractivity contribution in [2.24, 2.45) is 0 Å². The van der Waals surface area contributed by atoms with Gasteiger partial charge < -0.3 is 4.90 Å². The first kappa shape index (κ1) is 16.7. The Morgan fingerprint density at radius 1 is 0.962 bits per heavy atom. The van der Waals surface area contributed by atoms with E-state index in [1.807, 2.05) is 10.7 Å². The standard InChI is InChI=1S/C20H22FN5/c21-19-9-3-5-16(15-19)6-4-12-26-20(22-23-24-26)25-13-10-17-7-1-2-8-18(17)11-14-25/h1-3,5,7-9,15H,4,6,10-14H2. The van der Waals surface area contributed by atoms with Crippen LogP contribution in [0.15, 0.2) is 48.5 Å². The number of aromatic nitrogens is 4. The summed E-state index contributed by atoms with van der Waals surface area (Å²) in [6.45, 7) is 2.56. The smallest absolute Gasteiger partial charge is 0.245 e. The first-order valence-electron chi connectivity index (χ1n) is 9.12. The number of aryl methyl sites for hydroxylation is 2. The van der Waals surface area contributed by atoms with E-state index >= 15 is 0 Å². The maximum absolute atomic E-state index is 13.3. The number of halogens is 1. The van der Waals surface area contributed by atoms with Gasteiger partial charge in [0.05, 0.1) is 0 Å². The predicted molar refractivity (Wildman–Crippen MR) is 98.6 cm³/mol. The molecule has 0 atom stereocenters. The largest absolute Gasteiger partial charge is 0.339 e. The first-order chi connectivity index (χ1) is 12.8. The number of tetrazole rings is 1. The summed E-state index contributed by atoms with van der Waals surface area (Å²) in [7, 11) is 0. The van der Waals surface area contributed by atoms with Crippen molar-refractivity contribution in [1.29, 1.82) is 0 Å². The SMILES string of the molecule is Fc1cccc(CCCn2nnnc2N2CCc3ccccc3CC2)c1. The quantitative estimate of drug-likeness (QED) is 0.709. The van der Waals surface area contributed by atoms with Gasteiger partial charge in [-0.2, -0.15) is 0 Å². The van der Waals surface area contributed by atoms with Gasteiger partial charge in [-0.15, -0.1) is 0 Å². The molecule has 0 saturated heterocycles. The van der Waals surface area contributed by atoms with Crippen LogP contribution in [-0.2, 0) is 25.8 Å². The van der Waals surface area contributed by atoms with E-state index in [1.165, 1.54) is 17.2 Å². The molecule has 1 aromatic heterocycles. The topological polar surface area (TPSA) is 46.8 Å². The van der Waals surface area contributed by atoms with Crippen LogP contribution in [0.4, 0.5) is 10.3 Å². The second-order valence-electron chi connectivity index (χ2n) is 6.69. The summed E-state index contributed by atoms with van der Waals surface area (Å²) >= 11 is 0. The van der Waals surface area contributed by atoms with Crippen molar-refractivity contribution < 1.29 is 4.39 Å². The van der Waals surface area contributed by atoms with E-state index in [0.717, 1.165) is 56.8 Å². The highest BCUT2D eigenvalue weighted by molar-refractivity contribution is 5.35. The van der Waals surface area contributed by atoms with Gasteiger partial charge in [0.25, 0.3) is 0 Å². The highest BCUT2D eigenvalue weighted by atomic mass is 19.1. The van der Waals surface area contributed by atoms with Gasteiger partial charge in [0.15, 0.2) is 0 Å². The van der Waals surface area contributed by atoms with E-state index in [2.05, 4.69) is 44.7 Å². The third-order valence-corrected chi connectivity index (χ3v) is 4.94. The zero-order chi connectivity index (χ0) is 17.8. The molecule has 3 aromatic rings. The Hall–Kier alpha value is -2.76. The van der Waals surface area contributed by atoms with Crippen LogP contribution in [0, 0.1) is 5.82 Å². The molecule has 2 aromatic carbocycles. The Labute approximate surface area is 152 Å². The normalized spacial score (nSPS) is 14.1. The van der Waals surface area contributed by atoms with E-state index in [4.69, 9.17) is 0 Å². The average Bonchev–Trinajstić information content (AvgIpc) is 3.00. The molecule has 2 heterocycles. The van der Waals surface area contributed by atoms with Crippen molar-refractivity contribution in [3.8, 4) is 0 Å². The molecule has 1 aliphatic rings. The molecular weight excluding hydrogens is 329 g/mol. The summed E-state index contributed by atoms with van der Waals surface area (Å²) < 4.78 is 15.2. The van der Waals surface area contributed by atoms with Crippen LogP contribution in [0.1, 0.15) is 23.1 Å². The summed E-state index contributed by atoms with van der Waals surface area (Å²) in [5, 5.41) is 12.3. The Morgan fingerprint density at radius 3 is 2.46 bits per heavy atom. The summed E-state index contributed by atoms with van der Waals surface area (Å²) in [6, 6.07) is 15.4. The summed E-state index contributed by atoms with van der Waals surface area (Å²) in [5.41, 5.74) is 3.84. The van der Waals surface area contributed by atoms with Gasteiger partial charge in [-0.25, -0.2) is 9.07 Å². The number of nitrogens with zero attached hydrogens (tertiary/aromatic N) is 5.